The maximum Gasteiger partial charge on any atom is 0.434 e. The Balaban J connectivity index is 0.00000480. The van der Waals surface area contributed by atoms with E-state index >= 15 is 0 Å². The first kappa shape index (κ1) is 26.9. The molecule has 2 N–H and O–H groups in total. The number of likely N-dealkylation sites (N-methyl/N-ethyl adjacent to an activating group) is 1. The number of rotatable bonds is 8. The molecule has 1 amide bonds. The minimum Gasteiger partial charge on any atom is -0.497 e. The number of hydrogen-bond acceptors (Lipinski definition) is 5. The van der Waals surface area contributed by atoms with Crippen molar-refractivity contribution in [3.05, 3.63) is 45.9 Å². The Morgan fingerprint density at radius 1 is 1.23 bits per heavy atom. The number of halogens is 4. The summed E-state index contributed by atoms with van der Waals surface area (Å²) in [6, 6.07) is 7.39. The van der Waals surface area contributed by atoms with Crippen LogP contribution in [0.2, 0.25) is 0 Å². The third-order valence-electron chi connectivity index (χ3n) is 3.96. The van der Waals surface area contributed by atoms with E-state index in [-0.39, 0.29) is 36.4 Å². The van der Waals surface area contributed by atoms with Crippen LogP contribution in [0.3, 0.4) is 0 Å². The van der Waals surface area contributed by atoms with Crippen LogP contribution in [-0.2, 0) is 23.9 Å². The summed E-state index contributed by atoms with van der Waals surface area (Å²) in [7, 11) is 4.87. The number of aliphatic imine (C=N–C) groups is 1. The van der Waals surface area contributed by atoms with E-state index in [1.165, 1.54) is 4.90 Å². The predicted octanol–water partition coefficient (Wildman–Crippen LogP) is 3.15. The highest BCUT2D eigenvalue weighted by Crippen LogP contribution is 2.30. The Kier molecular flexibility index (Phi) is 11.0. The molecule has 172 valence electrons. The van der Waals surface area contributed by atoms with E-state index in [9.17, 15) is 18.0 Å². The summed E-state index contributed by atoms with van der Waals surface area (Å²) >= 11 is 0.960. The number of methoxy groups -OCH3 is 1. The second-order valence-electron chi connectivity index (χ2n) is 6.46. The van der Waals surface area contributed by atoms with Gasteiger partial charge in [0.05, 0.1) is 25.2 Å². The molecule has 0 radical (unpaired) electrons. The van der Waals surface area contributed by atoms with Gasteiger partial charge in [-0.3, -0.25) is 4.79 Å². The van der Waals surface area contributed by atoms with Gasteiger partial charge < -0.3 is 20.3 Å². The maximum atomic E-state index is 12.7. The molecule has 0 aliphatic heterocycles. The number of benzene rings is 1. The Labute approximate surface area is 200 Å². The van der Waals surface area contributed by atoms with E-state index in [1.54, 1.807) is 21.2 Å². The summed E-state index contributed by atoms with van der Waals surface area (Å²) in [6.45, 7) is 0.706. The van der Waals surface area contributed by atoms with E-state index in [0.29, 0.717) is 30.5 Å². The average Bonchev–Trinajstić information content (AvgIpc) is 3.19. The highest BCUT2D eigenvalue weighted by Gasteiger charge is 2.33. The van der Waals surface area contributed by atoms with Crippen LogP contribution in [0.25, 0.3) is 0 Å². The number of aromatic nitrogens is 1. The number of thiazole rings is 1. The van der Waals surface area contributed by atoms with Crippen molar-refractivity contribution in [2.45, 2.75) is 19.1 Å². The van der Waals surface area contributed by atoms with Crippen LogP contribution in [0.15, 0.2) is 34.6 Å². The Morgan fingerprint density at radius 2 is 1.90 bits per heavy atom. The molecule has 1 heterocycles. The minimum absolute atomic E-state index is 0. The molecule has 12 heteroatoms. The lowest BCUT2D eigenvalue weighted by Gasteiger charge is -2.15. The molecule has 0 unspecified atom stereocenters. The fourth-order valence-corrected chi connectivity index (χ4v) is 3.04. The Bertz CT molecular complexity index is 857. The van der Waals surface area contributed by atoms with Crippen LogP contribution in [-0.4, -0.2) is 56.0 Å². The molecule has 0 atom stereocenters. The van der Waals surface area contributed by atoms with Gasteiger partial charge in [-0.25, -0.2) is 9.98 Å². The van der Waals surface area contributed by atoms with Gasteiger partial charge in [-0.15, -0.1) is 35.3 Å². The maximum absolute atomic E-state index is 12.7. The van der Waals surface area contributed by atoms with Gasteiger partial charge >= 0.3 is 6.18 Å². The second kappa shape index (κ2) is 12.7. The zero-order chi connectivity index (χ0) is 22.1. The van der Waals surface area contributed by atoms with Crippen molar-refractivity contribution >= 4 is 47.2 Å². The SMILES string of the molecule is COc1ccc(CN=C(NCCc2nc(C(F)(F)F)cs2)NCC(=O)N(C)C)cc1.I. The monoisotopic (exact) mass is 571 g/mol. The molecule has 1 aromatic heterocycles. The zero-order valence-electron chi connectivity index (χ0n) is 17.3. The number of guanidine groups is 1. The topological polar surface area (TPSA) is 78.8 Å². The molecule has 0 aliphatic rings. The first-order valence-electron chi connectivity index (χ1n) is 9.06. The van der Waals surface area contributed by atoms with Crippen molar-refractivity contribution in [3.63, 3.8) is 0 Å². The minimum atomic E-state index is -4.44. The normalized spacial score (nSPS) is 11.5. The highest BCUT2D eigenvalue weighted by atomic mass is 127. The number of carbonyl (C=O) groups is 1. The summed E-state index contributed by atoms with van der Waals surface area (Å²) in [5.74, 6) is 0.981. The van der Waals surface area contributed by atoms with Crippen LogP contribution in [0.1, 0.15) is 16.3 Å². The van der Waals surface area contributed by atoms with Gasteiger partial charge in [-0.05, 0) is 17.7 Å². The number of alkyl halides is 3. The molecule has 0 saturated carbocycles. The lowest BCUT2D eigenvalue weighted by Crippen LogP contribution is -2.43. The lowest BCUT2D eigenvalue weighted by molar-refractivity contribution is -0.140. The van der Waals surface area contributed by atoms with Crippen molar-refractivity contribution in [1.29, 1.82) is 0 Å². The van der Waals surface area contributed by atoms with Gasteiger partial charge in [0.25, 0.3) is 0 Å². The average molecular weight is 571 g/mol. The quantitative estimate of drug-likeness (QED) is 0.289. The summed E-state index contributed by atoms with van der Waals surface area (Å²) in [6.07, 6.45) is -4.15. The Hall–Kier alpha value is -2.09. The van der Waals surface area contributed by atoms with Crippen LogP contribution in [0.5, 0.6) is 5.75 Å². The van der Waals surface area contributed by atoms with Crippen molar-refractivity contribution in [3.8, 4) is 5.75 Å². The number of hydrogen-bond donors (Lipinski definition) is 2. The van der Waals surface area contributed by atoms with Crippen LogP contribution >= 0.6 is 35.3 Å². The number of nitrogens with zero attached hydrogens (tertiary/aromatic N) is 3. The van der Waals surface area contributed by atoms with Crippen LogP contribution < -0.4 is 15.4 Å². The molecule has 0 fully saturated rings. The van der Waals surface area contributed by atoms with Crippen molar-refractivity contribution in [2.24, 2.45) is 4.99 Å². The van der Waals surface area contributed by atoms with Crippen molar-refractivity contribution < 1.29 is 22.7 Å². The number of ether oxygens (including phenoxy) is 1. The highest BCUT2D eigenvalue weighted by molar-refractivity contribution is 14.0. The summed E-state index contributed by atoms with van der Waals surface area (Å²) in [4.78, 5) is 21.3. The van der Waals surface area contributed by atoms with E-state index in [1.807, 2.05) is 24.3 Å². The smallest absolute Gasteiger partial charge is 0.434 e. The first-order valence-corrected chi connectivity index (χ1v) is 9.94. The molecule has 0 aliphatic carbocycles. The first-order chi connectivity index (χ1) is 14.2. The molecular weight excluding hydrogens is 546 g/mol. The number of nitrogens with one attached hydrogen (secondary N) is 2. The lowest BCUT2D eigenvalue weighted by atomic mass is 10.2. The fourth-order valence-electron chi connectivity index (χ4n) is 2.24. The summed E-state index contributed by atoms with van der Waals surface area (Å²) in [5.41, 5.74) is 0.0520. The summed E-state index contributed by atoms with van der Waals surface area (Å²) in [5, 5.41) is 7.34. The molecule has 2 rings (SSSR count). The van der Waals surface area contributed by atoms with Gasteiger partial charge in [0.1, 0.15) is 5.75 Å². The van der Waals surface area contributed by atoms with Crippen molar-refractivity contribution in [2.75, 3.05) is 34.3 Å². The molecule has 0 bridgehead atoms. The standard InChI is InChI=1S/C19H24F3N5O2S.HI/c1-27(2)17(28)11-25-18(24-10-13-4-6-14(29-3)7-5-13)23-9-8-16-26-15(12-30-16)19(20,21)22;/h4-7,12H,8-11H2,1-3H3,(H2,23,24,25);1H. The molecule has 31 heavy (non-hydrogen) atoms. The number of amides is 1. The molecule has 0 saturated heterocycles. The third-order valence-corrected chi connectivity index (χ3v) is 4.87. The van der Waals surface area contributed by atoms with Gasteiger partial charge in [0, 0.05) is 32.4 Å². The van der Waals surface area contributed by atoms with Crippen LogP contribution in [0, 0.1) is 0 Å². The fraction of sp³-hybridized carbons (Fsp3) is 0.421. The van der Waals surface area contributed by atoms with Gasteiger partial charge in [0.15, 0.2) is 11.7 Å². The van der Waals surface area contributed by atoms with E-state index in [2.05, 4.69) is 20.6 Å². The predicted molar refractivity (Wildman–Crippen MR) is 125 cm³/mol. The van der Waals surface area contributed by atoms with Gasteiger partial charge in [-0.1, -0.05) is 12.1 Å². The zero-order valence-corrected chi connectivity index (χ0v) is 20.5. The van der Waals surface area contributed by atoms with Gasteiger partial charge in [-0.2, -0.15) is 13.2 Å². The van der Waals surface area contributed by atoms with E-state index in [4.69, 9.17) is 4.74 Å². The molecule has 1 aromatic carbocycles. The third kappa shape index (κ3) is 9.29. The largest absolute Gasteiger partial charge is 0.497 e. The number of carbonyl (C=O) groups excluding carboxylic acids is 1. The van der Waals surface area contributed by atoms with Gasteiger partial charge in [0.2, 0.25) is 5.91 Å². The second-order valence-corrected chi connectivity index (χ2v) is 7.40. The molecular formula is C19H25F3IN5O2S. The van der Waals surface area contributed by atoms with Crippen molar-refractivity contribution in [1.82, 2.24) is 20.5 Å². The van der Waals surface area contributed by atoms with Crippen LogP contribution in [0.4, 0.5) is 13.2 Å². The van der Waals surface area contributed by atoms with E-state index < -0.39 is 11.9 Å². The molecule has 2 aromatic rings. The summed E-state index contributed by atoms with van der Waals surface area (Å²) < 4.78 is 43.1. The van der Waals surface area contributed by atoms with E-state index in [0.717, 1.165) is 28.0 Å². The molecule has 7 nitrogen and oxygen atoms in total. The Morgan fingerprint density at radius 3 is 2.45 bits per heavy atom. The molecule has 0 spiro atoms.